The van der Waals surface area contributed by atoms with Crippen molar-refractivity contribution >= 4 is 34.4 Å². The smallest absolute Gasteiger partial charge is 0.128 e. The van der Waals surface area contributed by atoms with Crippen LogP contribution in [0.2, 0.25) is 0 Å². The summed E-state index contributed by atoms with van der Waals surface area (Å²) in [5.74, 6) is 1.01. The number of hydrogen-bond acceptors (Lipinski definition) is 3. The Kier molecular flexibility index (Phi) is 3.56. The molecular weight excluding hydrogens is 370 g/mol. The molecule has 0 spiro atoms. The number of fused-ring (bicyclic) bond motifs is 3. The van der Waals surface area contributed by atoms with Crippen molar-refractivity contribution in [3.63, 3.8) is 0 Å². The summed E-state index contributed by atoms with van der Waals surface area (Å²) in [5.41, 5.74) is 6.05. The van der Waals surface area contributed by atoms with Crippen molar-refractivity contribution in [3.05, 3.63) is 77.9 Å². The lowest BCUT2D eigenvalue weighted by Gasteiger charge is -2.12. The van der Waals surface area contributed by atoms with Crippen LogP contribution in [0.4, 0.5) is 0 Å². The molecule has 4 aromatic rings. The molecule has 2 nitrogen and oxygen atoms in total. The summed E-state index contributed by atoms with van der Waals surface area (Å²) >= 11 is 3.86. The number of aromatic amines is 1. The van der Waals surface area contributed by atoms with Gasteiger partial charge in [0.15, 0.2) is 0 Å². The average Bonchev–Trinajstić information content (AvgIpc) is 3.42. The van der Waals surface area contributed by atoms with Crippen LogP contribution in [0.25, 0.3) is 22.2 Å². The standard InChI is InChI=1S/C23H17NOS2/c1-2-4-18-14(3-1)9-19(24-18)15-5-6-16-11-21(25-20(16)10-15)17-7-8-22-23(12-17)27-13-26-22/h1-10,12,21,24H,11,13H2. The predicted molar refractivity (Wildman–Crippen MR) is 114 cm³/mol. The maximum Gasteiger partial charge on any atom is 0.128 e. The molecule has 3 heterocycles. The Morgan fingerprint density at radius 2 is 1.81 bits per heavy atom. The van der Waals surface area contributed by atoms with Gasteiger partial charge in [-0.25, -0.2) is 0 Å². The van der Waals surface area contributed by atoms with Gasteiger partial charge in [-0.05, 0) is 41.5 Å². The number of H-pyrrole nitrogens is 1. The Bertz CT molecular complexity index is 1150. The molecule has 1 unspecified atom stereocenters. The maximum absolute atomic E-state index is 6.36. The van der Waals surface area contributed by atoms with E-state index < -0.39 is 0 Å². The Morgan fingerprint density at radius 1 is 0.889 bits per heavy atom. The van der Waals surface area contributed by atoms with Gasteiger partial charge in [0, 0.05) is 43.5 Å². The van der Waals surface area contributed by atoms with E-state index in [2.05, 4.69) is 71.7 Å². The quantitative estimate of drug-likeness (QED) is 0.416. The second-order valence-electron chi connectivity index (χ2n) is 7.02. The fourth-order valence-corrected chi connectivity index (χ4v) is 6.32. The van der Waals surface area contributed by atoms with E-state index in [1.165, 1.54) is 37.4 Å². The zero-order valence-corrected chi connectivity index (χ0v) is 16.2. The van der Waals surface area contributed by atoms with Crippen LogP contribution in [0.5, 0.6) is 5.75 Å². The van der Waals surface area contributed by atoms with E-state index in [1.54, 1.807) is 0 Å². The third-order valence-electron chi connectivity index (χ3n) is 5.35. The summed E-state index contributed by atoms with van der Waals surface area (Å²) in [7, 11) is 0. The first-order valence-corrected chi connectivity index (χ1v) is 11.1. The molecule has 1 aromatic heterocycles. The summed E-state index contributed by atoms with van der Waals surface area (Å²) < 4.78 is 6.36. The Hall–Kier alpha value is -2.30. The van der Waals surface area contributed by atoms with Gasteiger partial charge in [-0.1, -0.05) is 36.4 Å². The van der Waals surface area contributed by atoms with Crippen molar-refractivity contribution in [2.24, 2.45) is 0 Å². The second-order valence-corrected chi connectivity index (χ2v) is 9.42. The highest BCUT2D eigenvalue weighted by atomic mass is 32.2. The van der Waals surface area contributed by atoms with E-state index >= 15 is 0 Å². The van der Waals surface area contributed by atoms with Gasteiger partial charge in [0.05, 0.1) is 0 Å². The normalized spacial score (nSPS) is 17.7. The van der Waals surface area contributed by atoms with Gasteiger partial charge in [-0.2, -0.15) is 0 Å². The van der Waals surface area contributed by atoms with E-state index in [-0.39, 0.29) is 6.10 Å². The minimum absolute atomic E-state index is 0.120. The molecule has 1 atom stereocenters. The van der Waals surface area contributed by atoms with Crippen LogP contribution in [-0.2, 0) is 6.42 Å². The SMILES string of the molecule is c1ccc2[nH]c(-c3ccc4c(c3)OC(c3ccc5c(c3)SCS5)C4)cc2c1. The highest BCUT2D eigenvalue weighted by Crippen LogP contribution is 2.45. The van der Waals surface area contributed by atoms with Crippen LogP contribution in [0.1, 0.15) is 17.2 Å². The minimum atomic E-state index is 0.120. The van der Waals surface area contributed by atoms with E-state index in [1.807, 2.05) is 23.5 Å². The number of nitrogens with one attached hydrogen (secondary N) is 1. The van der Waals surface area contributed by atoms with Gasteiger partial charge in [-0.3, -0.25) is 0 Å². The summed E-state index contributed by atoms with van der Waals surface area (Å²) in [4.78, 5) is 6.32. The largest absolute Gasteiger partial charge is 0.485 e. The van der Waals surface area contributed by atoms with E-state index in [0.29, 0.717) is 0 Å². The third kappa shape index (κ3) is 2.67. The number of ether oxygens (including phenoxy) is 1. The van der Waals surface area contributed by atoms with Crippen LogP contribution < -0.4 is 4.74 Å². The highest BCUT2D eigenvalue weighted by molar-refractivity contribution is 8.18. The Labute approximate surface area is 166 Å². The van der Waals surface area contributed by atoms with E-state index in [9.17, 15) is 0 Å². The Morgan fingerprint density at radius 3 is 2.78 bits per heavy atom. The van der Waals surface area contributed by atoms with Crippen LogP contribution >= 0.6 is 23.5 Å². The summed E-state index contributed by atoms with van der Waals surface area (Å²) in [5, 5.41) is 2.36. The molecule has 0 saturated heterocycles. The fourth-order valence-electron chi connectivity index (χ4n) is 3.92. The molecule has 0 amide bonds. The number of para-hydroxylation sites is 1. The molecule has 132 valence electrons. The molecule has 0 radical (unpaired) electrons. The molecule has 3 aromatic carbocycles. The molecule has 2 aliphatic rings. The van der Waals surface area contributed by atoms with Gasteiger partial charge >= 0.3 is 0 Å². The summed E-state index contributed by atoms with van der Waals surface area (Å²) in [6.07, 6.45) is 1.06. The topological polar surface area (TPSA) is 25.0 Å². The van der Waals surface area contributed by atoms with E-state index in [4.69, 9.17) is 4.74 Å². The molecular formula is C23H17NOS2. The van der Waals surface area contributed by atoms with Gasteiger partial charge in [-0.15, -0.1) is 23.5 Å². The van der Waals surface area contributed by atoms with Crippen molar-refractivity contribution in [1.29, 1.82) is 0 Å². The average molecular weight is 388 g/mol. The monoisotopic (exact) mass is 387 g/mol. The number of benzene rings is 3. The maximum atomic E-state index is 6.36. The molecule has 0 fully saturated rings. The number of rotatable bonds is 2. The minimum Gasteiger partial charge on any atom is -0.485 e. The lowest BCUT2D eigenvalue weighted by Crippen LogP contribution is -2.03. The summed E-state index contributed by atoms with van der Waals surface area (Å²) in [6, 6.07) is 24.0. The van der Waals surface area contributed by atoms with Gasteiger partial charge in [0.2, 0.25) is 0 Å². The van der Waals surface area contributed by atoms with Crippen LogP contribution in [0, 0.1) is 0 Å². The van der Waals surface area contributed by atoms with Gasteiger partial charge in [0.1, 0.15) is 11.9 Å². The molecule has 27 heavy (non-hydrogen) atoms. The zero-order valence-electron chi connectivity index (χ0n) is 14.6. The Balaban J connectivity index is 1.32. The van der Waals surface area contributed by atoms with Crippen molar-refractivity contribution in [2.75, 3.05) is 5.08 Å². The first-order chi connectivity index (χ1) is 13.3. The van der Waals surface area contributed by atoms with E-state index in [0.717, 1.165) is 22.9 Å². The van der Waals surface area contributed by atoms with Gasteiger partial charge in [0.25, 0.3) is 0 Å². The lowest BCUT2D eigenvalue weighted by molar-refractivity contribution is 0.238. The number of thioether (sulfide) groups is 2. The molecule has 0 saturated carbocycles. The molecule has 2 aliphatic heterocycles. The fraction of sp³-hybridized carbons (Fsp3) is 0.130. The predicted octanol–water partition coefficient (Wildman–Crippen LogP) is 6.67. The number of aromatic nitrogens is 1. The molecule has 6 rings (SSSR count). The lowest BCUT2D eigenvalue weighted by atomic mass is 10.0. The first-order valence-electron chi connectivity index (χ1n) is 9.11. The highest BCUT2D eigenvalue weighted by Gasteiger charge is 2.26. The first kappa shape index (κ1) is 15.7. The second kappa shape index (κ2) is 6.11. The van der Waals surface area contributed by atoms with Crippen molar-refractivity contribution in [1.82, 2.24) is 4.98 Å². The third-order valence-corrected chi connectivity index (χ3v) is 7.74. The molecule has 1 N–H and O–H groups in total. The zero-order chi connectivity index (χ0) is 17.8. The van der Waals surface area contributed by atoms with Crippen molar-refractivity contribution in [3.8, 4) is 17.0 Å². The summed E-state index contributed by atoms with van der Waals surface area (Å²) in [6.45, 7) is 0. The molecule has 4 heteroatoms. The van der Waals surface area contributed by atoms with Crippen LogP contribution in [0.15, 0.2) is 76.5 Å². The molecule has 0 aliphatic carbocycles. The van der Waals surface area contributed by atoms with Crippen LogP contribution in [-0.4, -0.2) is 10.1 Å². The number of hydrogen-bond donors (Lipinski definition) is 1. The van der Waals surface area contributed by atoms with Crippen LogP contribution in [0.3, 0.4) is 0 Å². The van der Waals surface area contributed by atoms with Gasteiger partial charge < -0.3 is 9.72 Å². The molecule has 0 bridgehead atoms. The van der Waals surface area contributed by atoms with Crippen molar-refractivity contribution < 1.29 is 4.74 Å². The van der Waals surface area contributed by atoms with Crippen molar-refractivity contribution in [2.45, 2.75) is 22.3 Å².